The van der Waals surface area contributed by atoms with Crippen molar-refractivity contribution in [3.05, 3.63) is 18.1 Å². The first-order chi connectivity index (χ1) is 7.29. The minimum absolute atomic E-state index is 0. The molecule has 1 aromatic heterocycles. The van der Waals surface area contributed by atoms with Crippen LogP contribution in [0.25, 0.3) is 0 Å². The summed E-state index contributed by atoms with van der Waals surface area (Å²) in [6.07, 6.45) is 2.81. The zero-order chi connectivity index (χ0) is 10.7. The maximum atomic E-state index is 10.8. The van der Waals surface area contributed by atoms with Crippen molar-refractivity contribution >= 4 is 11.8 Å². The standard InChI is InChI=1S/C9H11N3O3.Na/c13-9(14)7-8(11-2-1-10-7)12-3-5-15-6-4-12;/h1-2H,3-6H2,(H,13,14);/q;+1/p-1. The molecular formula is C9H10N3NaO3. The number of aromatic carboxylic acids is 1. The Labute approximate surface area is 115 Å². The fourth-order valence-corrected chi connectivity index (χ4v) is 1.48. The third kappa shape index (κ3) is 2.91. The number of ether oxygens (including phenoxy) is 1. The summed E-state index contributed by atoms with van der Waals surface area (Å²) in [4.78, 5) is 20.4. The van der Waals surface area contributed by atoms with Gasteiger partial charge in [0.25, 0.3) is 0 Å². The number of carboxylic acids is 1. The quantitative estimate of drug-likeness (QED) is 0.479. The van der Waals surface area contributed by atoms with Crippen molar-refractivity contribution in [1.29, 1.82) is 0 Å². The number of rotatable bonds is 2. The predicted molar refractivity (Wildman–Crippen MR) is 49.4 cm³/mol. The normalized spacial score (nSPS) is 15.4. The monoisotopic (exact) mass is 231 g/mol. The fourth-order valence-electron chi connectivity index (χ4n) is 1.48. The van der Waals surface area contributed by atoms with E-state index >= 15 is 0 Å². The van der Waals surface area contributed by atoms with E-state index in [-0.39, 0.29) is 35.3 Å². The van der Waals surface area contributed by atoms with Crippen molar-refractivity contribution in [3.63, 3.8) is 0 Å². The summed E-state index contributed by atoms with van der Waals surface area (Å²) in [6.45, 7) is 2.39. The molecule has 7 heteroatoms. The Balaban J connectivity index is 0.00000128. The van der Waals surface area contributed by atoms with Gasteiger partial charge in [0.15, 0.2) is 5.82 Å². The van der Waals surface area contributed by atoms with Crippen LogP contribution in [-0.4, -0.2) is 42.2 Å². The average Bonchev–Trinajstić information content (AvgIpc) is 2.30. The molecule has 0 bridgehead atoms. The van der Waals surface area contributed by atoms with Gasteiger partial charge in [0.1, 0.15) is 5.69 Å². The van der Waals surface area contributed by atoms with Gasteiger partial charge in [-0.2, -0.15) is 0 Å². The topological polar surface area (TPSA) is 78.4 Å². The molecule has 1 aliphatic heterocycles. The Morgan fingerprint density at radius 2 is 1.94 bits per heavy atom. The number of carboxylic acid groups (broad SMARTS) is 1. The first-order valence-electron chi connectivity index (χ1n) is 4.64. The van der Waals surface area contributed by atoms with Crippen molar-refractivity contribution in [2.45, 2.75) is 0 Å². The Kier molecular flexibility index (Phi) is 5.14. The number of hydrogen-bond acceptors (Lipinski definition) is 6. The smallest absolute Gasteiger partial charge is 0.543 e. The number of nitrogens with zero attached hydrogens (tertiary/aromatic N) is 3. The molecule has 0 amide bonds. The van der Waals surface area contributed by atoms with E-state index in [1.165, 1.54) is 12.4 Å². The molecule has 0 radical (unpaired) electrons. The zero-order valence-electron chi connectivity index (χ0n) is 9.05. The van der Waals surface area contributed by atoms with Crippen LogP contribution in [0.1, 0.15) is 10.5 Å². The summed E-state index contributed by atoms with van der Waals surface area (Å²) in [5, 5.41) is 10.8. The number of morpholine rings is 1. The molecule has 0 unspecified atom stereocenters. The molecule has 1 aromatic rings. The molecular weight excluding hydrogens is 221 g/mol. The predicted octanol–water partition coefficient (Wildman–Crippen LogP) is -4.32. The van der Waals surface area contributed by atoms with Crippen LogP contribution in [0.15, 0.2) is 12.4 Å². The van der Waals surface area contributed by atoms with Gasteiger partial charge in [-0.15, -0.1) is 0 Å². The summed E-state index contributed by atoms with van der Waals surface area (Å²) in [6, 6.07) is 0. The van der Waals surface area contributed by atoms with Crippen molar-refractivity contribution in [2.24, 2.45) is 0 Å². The van der Waals surface area contributed by atoms with Crippen molar-refractivity contribution in [1.82, 2.24) is 9.97 Å². The van der Waals surface area contributed by atoms with Crippen LogP contribution in [0.4, 0.5) is 5.82 Å². The number of hydrogen-bond donors (Lipinski definition) is 0. The minimum atomic E-state index is -1.30. The molecule has 0 aromatic carbocycles. The molecule has 16 heavy (non-hydrogen) atoms. The zero-order valence-corrected chi connectivity index (χ0v) is 11.0. The van der Waals surface area contributed by atoms with Gasteiger partial charge < -0.3 is 19.5 Å². The van der Waals surface area contributed by atoms with E-state index in [0.29, 0.717) is 32.1 Å². The van der Waals surface area contributed by atoms with Crippen molar-refractivity contribution in [3.8, 4) is 0 Å². The van der Waals surface area contributed by atoms with E-state index in [1.807, 2.05) is 4.90 Å². The summed E-state index contributed by atoms with van der Waals surface area (Å²) in [5.41, 5.74) is -0.112. The number of aromatic nitrogens is 2. The second kappa shape index (κ2) is 6.15. The van der Waals surface area contributed by atoms with Gasteiger partial charge >= 0.3 is 29.6 Å². The van der Waals surface area contributed by atoms with Gasteiger partial charge in [-0.05, 0) is 0 Å². The molecule has 1 saturated heterocycles. The third-order valence-electron chi connectivity index (χ3n) is 2.18. The second-order valence-electron chi connectivity index (χ2n) is 3.12. The van der Waals surface area contributed by atoms with Crippen LogP contribution in [0.2, 0.25) is 0 Å². The second-order valence-corrected chi connectivity index (χ2v) is 3.12. The Bertz CT molecular complexity index is 369. The van der Waals surface area contributed by atoms with Crippen molar-refractivity contribution in [2.75, 3.05) is 31.2 Å². The van der Waals surface area contributed by atoms with E-state index in [9.17, 15) is 9.90 Å². The van der Waals surface area contributed by atoms with E-state index in [4.69, 9.17) is 4.74 Å². The minimum Gasteiger partial charge on any atom is -0.543 e. The Hall–Kier alpha value is -0.690. The molecule has 0 saturated carbocycles. The molecule has 0 atom stereocenters. The van der Waals surface area contributed by atoms with E-state index in [2.05, 4.69) is 9.97 Å². The molecule has 0 N–H and O–H groups in total. The SMILES string of the molecule is O=C([O-])c1nccnc1N1CCOCC1.[Na+]. The van der Waals surface area contributed by atoms with E-state index < -0.39 is 5.97 Å². The van der Waals surface area contributed by atoms with E-state index in [1.54, 1.807) is 0 Å². The Morgan fingerprint density at radius 1 is 1.31 bits per heavy atom. The van der Waals surface area contributed by atoms with Crippen LogP contribution >= 0.6 is 0 Å². The van der Waals surface area contributed by atoms with Crippen LogP contribution in [0.3, 0.4) is 0 Å². The average molecular weight is 231 g/mol. The van der Waals surface area contributed by atoms with Crippen molar-refractivity contribution < 1.29 is 44.2 Å². The maximum Gasteiger partial charge on any atom is 1.00 e. The Morgan fingerprint density at radius 3 is 2.56 bits per heavy atom. The number of carbonyl (C=O) groups is 1. The van der Waals surface area contributed by atoms with Gasteiger partial charge in [-0.1, -0.05) is 0 Å². The number of carbonyl (C=O) groups excluding carboxylic acids is 1. The van der Waals surface area contributed by atoms with Gasteiger partial charge in [-0.3, -0.25) is 0 Å². The third-order valence-corrected chi connectivity index (χ3v) is 2.18. The molecule has 6 nitrogen and oxygen atoms in total. The van der Waals surface area contributed by atoms with Crippen LogP contribution in [0, 0.1) is 0 Å². The first-order valence-corrected chi connectivity index (χ1v) is 4.64. The molecule has 80 valence electrons. The first kappa shape index (κ1) is 13.4. The molecule has 0 spiro atoms. The fraction of sp³-hybridized carbons (Fsp3) is 0.444. The van der Waals surface area contributed by atoms with Gasteiger partial charge in [-0.25, -0.2) is 9.97 Å². The molecule has 1 aliphatic rings. The van der Waals surface area contributed by atoms with Gasteiger partial charge in [0.05, 0.1) is 19.2 Å². The molecule has 2 rings (SSSR count). The van der Waals surface area contributed by atoms with Gasteiger partial charge in [0, 0.05) is 25.5 Å². The van der Waals surface area contributed by atoms with Crippen LogP contribution in [-0.2, 0) is 4.74 Å². The summed E-state index contributed by atoms with van der Waals surface area (Å²) < 4.78 is 5.17. The van der Waals surface area contributed by atoms with E-state index in [0.717, 1.165) is 0 Å². The summed E-state index contributed by atoms with van der Waals surface area (Å²) >= 11 is 0. The number of anilines is 1. The van der Waals surface area contributed by atoms with Crippen LogP contribution < -0.4 is 39.6 Å². The summed E-state index contributed by atoms with van der Waals surface area (Å²) in [7, 11) is 0. The molecule has 2 heterocycles. The maximum absolute atomic E-state index is 10.8. The molecule has 0 aliphatic carbocycles. The van der Waals surface area contributed by atoms with Crippen LogP contribution in [0.5, 0.6) is 0 Å². The summed E-state index contributed by atoms with van der Waals surface area (Å²) in [5.74, 6) is -0.939. The molecule has 1 fully saturated rings. The van der Waals surface area contributed by atoms with Gasteiger partial charge in [0.2, 0.25) is 0 Å². The largest absolute Gasteiger partial charge is 1.00 e.